The van der Waals surface area contributed by atoms with E-state index in [1.807, 2.05) is 38.1 Å². The van der Waals surface area contributed by atoms with E-state index in [2.05, 4.69) is 10.2 Å². The highest BCUT2D eigenvalue weighted by Gasteiger charge is 2.32. The minimum atomic E-state index is -3.77. The van der Waals surface area contributed by atoms with E-state index in [1.54, 1.807) is 0 Å². The molecule has 3 aromatic carbocycles. The normalized spacial score (nSPS) is 16.0. The Balaban J connectivity index is 1.85. The summed E-state index contributed by atoms with van der Waals surface area (Å²) in [5.41, 5.74) is 1.35. The number of nitrogens with zero attached hydrogens (tertiary/aromatic N) is 2. The molecule has 0 atom stereocenters. The third kappa shape index (κ3) is 3.68. The van der Waals surface area contributed by atoms with Crippen LogP contribution in [0.3, 0.4) is 0 Å². The van der Waals surface area contributed by atoms with Crippen molar-refractivity contribution in [3.8, 4) is 11.5 Å². The van der Waals surface area contributed by atoms with Gasteiger partial charge in [0, 0.05) is 16.3 Å². The second-order valence-corrected chi connectivity index (χ2v) is 9.21. The van der Waals surface area contributed by atoms with Crippen LogP contribution in [0.4, 0.5) is 11.4 Å². The summed E-state index contributed by atoms with van der Waals surface area (Å²) in [5.74, 6) is 0.741. The van der Waals surface area contributed by atoms with E-state index in [0.29, 0.717) is 28.9 Å². The Morgan fingerprint density at radius 1 is 1.03 bits per heavy atom. The van der Waals surface area contributed by atoms with E-state index >= 15 is 0 Å². The first-order valence-corrected chi connectivity index (χ1v) is 10.7. The first-order chi connectivity index (χ1) is 13.7. The fourth-order valence-corrected chi connectivity index (χ4v) is 3.95. The van der Waals surface area contributed by atoms with Gasteiger partial charge >= 0.3 is 0 Å². The highest BCUT2D eigenvalue weighted by Crippen LogP contribution is 2.50. The lowest BCUT2D eigenvalue weighted by Gasteiger charge is -2.34. The summed E-state index contributed by atoms with van der Waals surface area (Å²) in [7, 11) is -3.77. The number of sulfonamides is 1. The zero-order valence-electron chi connectivity index (χ0n) is 16.1. The number of rotatable bonds is 3. The number of aromatic hydroxyl groups is 1. The summed E-state index contributed by atoms with van der Waals surface area (Å²) in [6.07, 6.45) is 1.45. The Morgan fingerprint density at radius 3 is 2.34 bits per heavy atom. The Hall–Kier alpha value is -2.97. The zero-order chi connectivity index (χ0) is 20.8. The molecule has 0 fully saturated rings. The molecule has 0 bridgehead atoms. The maximum absolute atomic E-state index is 11.4. The molecule has 1 heterocycles. The summed E-state index contributed by atoms with van der Waals surface area (Å²) >= 11 is 0. The van der Waals surface area contributed by atoms with E-state index in [1.165, 1.54) is 24.3 Å². The molecular formula is C21H21N3O4S. The van der Waals surface area contributed by atoms with Crippen LogP contribution in [0, 0.1) is 0 Å². The third-order valence-corrected chi connectivity index (χ3v) is 5.93. The molecule has 0 aliphatic carbocycles. The average Bonchev–Trinajstić information content (AvgIpc) is 2.67. The van der Waals surface area contributed by atoms with Gasteiger partial charge in [0.2, 0.25) is 10.0 Å². The Labute approximate surface area is 168 Å². The van der Waals surface area contributed by atoms with Gasteiger partial charge in [-0.2, -0.15) is 5.11 Å². The quantitative estimate of drug-likeness (QED) is 0.607. The number of phenols is 1. The van der Waals surface area contributed by atoms with Gasteiger partial charge in [-0.1, -0.05) is 24.3 Å². The largest absolute Gasteiger partial charge is 0.507 e. The highest BCUT2D eigenvalue weighted by molar-refractivity contribution is 7.89. The lowest BCUT2D eigenvalue weighted by molar-refractivity contribution is 0.0847. The number of phenolic OH excluding ortho intramolecular Hbond substituents is 1. The van der Waals surface area contributed by atoms with E-state index in [0.717, 1.165) is 17.4 Å². The van der Waals surface area contributed by atoms with Crippen LogP contribution < -0.4 is 9.88 Å². The SMILES string of the molecule is CC1(C)CCc2c(c(N=Nc3ccc(S(N)(=O)=O)cc3)c3ccccc3c2O)O1. The van der Waals surface area contributed by atoms with Gasteiger partial charge in [0.05, 0.1) is 10.6 Å². The number of ether oxygens (including phenoxy) is 1. The van der Waals surface area contributed by atoms with Crippen LogP contribution in [-0.4, -0.2) is 19.1 Å². The van der Waals surface area contributed by atoms with Crippen LogP contribution in [0.15, 0.2) is 63.7 Å². The van der Waals surface area contributed by atoms with E-state index in [4.69, 9.17) is 9.88 Å². The van der Waals surface area contributed by atoms with Crippen LogP contribution in [0.25, 0.3) is 10.8 Å². The summed E-state index contributed by atoms with van der Waals surface area (Å²) in [4.78, 5) is 0.00833. The number of azo groups is 1. The molecule has 1 aliphatic rings. The number of fused-ring (bicyclic) bond motifs is 2. The molecule has 3 aromatic rings. The van der Waals surface area contributed by atoms with Crippen molar-refractivity contribution in [3.05, 3.63) is 54.1 Å². The zero-order valence-corrected chi connectivity index (χ0v) is 16.9. The molecule has 0 unspecified atom stereocenters. The average molecular weight is 411 g/mol. The van der Waals surface area contributed by atoms with Crippen molar-refractivity contribution in [1.82, 2.24) is 0 Å². The molecule has 150 valence electrons. The maximum atomic E-state index is 11.4. The Morgan fingerprint density at radius 2 is 1.69 bits per heavy atom. The fraction of sp³-hybridized carbons (Fsp3) is 0.238. The molecule has 8 heteroatoms. The van der Waals surface area contributed by atoms with Crippen LogP contribution >= 0.6 is 0 Å². The molecular weight excluding hydrogens is 390 g/mol. The Bertz CT molecular complexity index is 1230. The van der Waals surface area contributed by atoms with Crippen LogP contribution in [0.2, 0.25) is 0 Å². The molecule has 0 radical (unpaired) electrons. The fourth-order valence-electron chi connectivity index (χ4n) is 3.44. The molecule has 7 nitrogen and oxygen atoms in total. The van der Waals surface area contributed by atoms with Crippen LogP contribution in [0.5, 0.6) is 11.5 Å². The maximum Gasteiger partial charge on any atom is 0.238 e. The molecule has 0 aromatic heterocycles. The van der Waals surface area contributed by atoms with E-state index < -0.39 is 10.0 Å². The van der Waals surface area contributed by atoms with Gasteiger partial charge in [-0.25, -0.2) is 13.6 Å². The first-order valence-electron chi connectivity index (χ1n) is 9.16. The molecule has 0 saturated carbocycles. The van der Waals surface area contributed by atoms with Gasteiger partial charge in [-0.05, 0) is 51.0 Å². The van der Waals surface area contributed by atoms with Crippen molar-refractivity contribution in [1.29, 1.82) is 0 Å². The van der Waals surface area contributed by atoms with E-state index in [9.17, 15) is 13.5 Å². The molecule has 0 spiro atoms. The smallest absolute Gasteiger partial charge is 0.238 e. The summed E-state index contributed by atoms with van der Waals surface area (Å²) < 4.78 is 29.0. The van der Waals surface area contributed by atoms with Crippen molar-refractivity contribution in [2.45, 2.75) is 37.2 Å². The van der Waals surface area contributed by atoms with E-state index in [-0.39, 0.29) is 16.2 Å². The second kappa shape index (κ2) is 6.82. The minimum Gasteiger partial charge on any atom is -0.507 e. The molecule has 3 N–H and O–H groups in total. The second-order valence-electron chi connectivity index (χ2n) is 7.65. The minimum absolute atomic E-state index is 0.00833. The summed E-state index contributed by atoms with van der Waals surface area (Å²) in [6.45, 7) is 3.99. The number of benzene rings is 3. The van der Waals surface area contributed by atoms with Crippen LogP contribution in [0.1, 0.15) is 25.8 Å². The van der Waals surface area contributed by atoms with Crippen molar-refractivity contribution < 1.29 is 18.3 Å². The lowest BCUT2D eigenvalue weighted by Crippen LogP contribution is -2.32. The lowest BCUT2D eigenvalue weighted by atomic mass is 9.91. The number of primary sulfonamides is 1. The molecule has 1 aliphatic heterocycles. The topological polar surface area (TPSA) is 114 Å². The molecule has 4 rings (SSSR count). The monoisotopic (exact) mass is 411 g/mol. The van der Waals surface area contributed by atoms with Crippen molar-refractivity contribution in [2.75, 3.05) is 0 Å². The van der Waals surface area contributed by atoms with Gasteiger partial charge in [0.25, 0.3) is 0 Å². The predicted octanol–water partition coefficient (Wildman–Crippen LogP) is 4.71. The van der Waals surface area contributed by atoms with Crippen LogP contribution in [-0.2, 0) is 16.4 Å². The van der Waals surface area contributed by atoms with Gasteiger partial charge in [-0.15, -0.1) is 5.11 Å². The van der Waals surface area contributed by atoms with Gasteiger partial charge in [0.15, 0.2) is 5.75 Å². The third-order valence-electron chi connectivity index (χ3n) is 5.00. The molecule has 0 amide bonds. The molecule has 29 heavy (non-hydrogen) atoms. The van der Waals surface area contributed by atoms with Gasteiger partial charge in [0.1, 0.15) is 17.0 Å². The van der Waals surface area contributed by atoms with Crippen molar-refractivity contribution >= 4 is 32.2 Å². The predicted molar refractivity (Wildman–Crippen MR) is 111 cm³/mol. The van der Waals surface area contributed by atoms with Crippen molar-refractivity contribution in [3.63, 3.8) is 0 Å². The standard InChI is InChI=1S/C21H21N3O4S/c1-21(2)12-11-17-19(25)16-6-4-3-5-15(16)18(20(17)28-21)24-23-13-7-9-14(10-8-13)29(22,26)27/h3-10,25H,11-12H2,1-2H3,(H2,22,26,27). The van der Waals surface area contributed by atoms with Gasteiger partial charge < -0.3 is 9.84 Å². The number of hydrogen-bond donors (Lipinski definition) is 2. The number of hydrogen-bond acceptors (Lipinski definition) is 6. The van der Waals surface area contributed by atoms with Gasteiger partial charge in [-0.3, -0.25) is 0 Å². The van der Waals surface area contributed by atoms with Crippen molar-refractivity contribution in [2.24, 2.45) is 15.4 Å². The summed E-state index contributed by atoms with van der Waals surface area (Å²) in [6, 6.07) is 13.2. The highest BCUT2D eigenvalue weighted by atomic mass is 32.2. The number of nitrogens with two attached hydrogens (primary N) is 1. The first kappa shape index (κ1) is 19.4. The molecule has 0 saturated heterocycles. The summed E-state index contributed by atoms with van der Waals surface area (Å²) in [5, 5.41) is 26.0. The Kier molecular flexibility index (Phi) is 4.55.